The zero-order valence-electron chi connectivity index (χ0n) is 13.1. The molecule has 0 aromatic heterocycles. The maximum absolute atomic E-state index is 12.3. The Bertz CT molecular complexity index is 566. The van der Waals surface area contributed by atoms with Crippen LogP contribution in [0.3, 0.4) is 0 Å². The number of Topliss-reactive ketones (excluding diaryl/α,β-unsaturated/α-hetero) is 1. The maximum Gasteiger partial charge on any atom is 0.303 e. The quantitative estimate of drug-likeness (QED) is 0.422. The molecule has 0 amide bonds. The van der Waals surface area contributed by atoms with Crippen LogP contribution >= 0.6 is 0 Å². The molecule has 7 atom stereocenters. The van der Waals surface area contributed by atoms with Crippen molar-refractivity contribution in [2.45, 2.75) is 39.1 Å². The second-order valence-corrected chi connectivity index (χ2v) is 6.22. The number of ketones is 1. The van der Waals surface area contributed by atoms with Crippen molar-refractivity contribution < 1.29 is 33.4 Å². The SMILES string of the molecule is CC(=O)OC1[C@@H](OC(C)=O)[C@H]2[C@H]([C@H]3C=C[C@@H]2C3=O)[C@H]1OC(C)=O. The molecule has 2 bridgehead atoms. The molecule has 0 heterocycles. The molecule has 23 heavy (non-hydrogen) atoms. The minimum absolute atomic E-state index is 0.0376. The Labute approximate surface area is 132 Å². The summed E-state index contributed by atoms with van der Waals surface area (Å²) in [5.74, 6) is -3.06. The summed E-state index contributed by atoms with van der Waals surface area (Å²) in [6.45, 7) is 3.75. The van der Waals surface area contributed by atoms with Gasteiger partial charge in [-0.05, 0) is 0 Å². The largest absolute Gasteiger partial charge is 0.458 e. The summed E-state index contributed by atoms with van der Waals surface area (Å²) >= 11 is 0. The van der Waals surface area contributed by atoms with Gasteiger partial charge in [0.1, 0.15) is 18.0 Å². The summed E-state index contributed by atoms with van der Waals surface area (Å²) in [4.78, 5) is 46.7. The zero-order chi connectivity index (χ0) is 16.9. The molecule has 7 nitrogen and oxygen atoms in total. The molecule has 3 rings (SSSR count). The van der Waals surface area contributed by atoms with Gasteiger partial charge in [0, 0.05) is 44.4 Å². The van der Waals surface area contributed by atoms with Crippen molar-refractivity contribution in [1.82, 2.24) is 0 Å². The number of rotatable bonds is 3. The summed E-state index contributed by atoms with van der Waals surface area (Å²) in [5.41, 5.74) is 0. The van der Waals surface area contributed by atoms with Gasteiger partial charge >= 0.3 is 17.9 Å². The van der Waals surface area contributed by atoms with Crippen LogP contribution in [-0.2, 0) is 33.4 Å². The first kappa shape index (κ1) is 15.7. The molecule has 124 valence electrons. The van der Waals surface area contributed by atoms with Crippen molar-refractivity contribution >= 4 is 23.7 Å². The number of fused-ring (bicyclic) bond motifs is 5. The van der Waals surface area contributed by atoms with Gasteiger partial charge in [-0.3, -0.25) is 19.2 Å². The molecular formula is C16H18O7. The van der Waals surface area contributed by atoms with E-state index in [1.54, 1.807) is 12.2 Å². The van der Waals surface area contributed by atoms with Crippen LogP contribution in [0.2, 0.25) is 0 Å². The molecular weight excluding hydrogens is 304 g/mol. The highest BCUT2D eigenvalue weighted by molar-refractivity contribution is 5.93. The fourth-order valence-electron chi connectivity index (χ4n) is 4.24. The normalized spacial score (nSPS) is 40.0. The van der Waals surface area contributed by atoms with Crippen LogP contribution < -0.4 is 0 Å². The third-order valence-corrected chi connectivity index (χ3v) is 4.77. The van der Waals surface area contributed by atoms with Crippen LogP contribution in [0.4, 0.5) is 0 Å². The van der Waals surface area contributed by atoms with Crippen molar-refractivity contribution in [1.29, 1.82) is 0 Å². The number of allylic oxidation sites excluding steroid dienone is 2. The van der Waals surface area contributed by atoms with Gasteiger partial charge in [0.05, 0.1) is 0 Å². The lowest BCUT2D eigenvalue weighted by Crippen LogP contribution is -2.42. The minimum atomic E-state index is -0.895. The lowest BCUT2D eigenvalue weighted by Gasteiger charge is -2.27. The van der Waals surface area contributed by atoms with Gasteiger partial charge in [-0.25, -0.2) is 0 Å². The first-order chi connectivity index (χ1) is 10.8. The number of carbonyl (C=O) groups is 4. The standard InChI is InChI=1S/C16H18O7/c1-6(17)21-14-11-9-4-5-10(13(9)20)12(11)15(22-7(2)18)16(14)23-8(3)19/h4-5,9-12,14-16H,1-3H3/t9-,10+,11+,12-,14-,15+,16?. The van der Waals surface area contributed by atoms with Crippen molar-refractivity contribution in [2.75, 3.05) is 0 Å². The average Bonchev–Trinajstić information content (AvgIpc) is 3.01. The fraction of sp³-hybridized carbons (Fsp3) is 0.625. The number of carbonyl (C=O) groups excluding carboxylic acids is 4. The van der Waals surface area contributed by atoms with E-state index in [2.05, 4.69) is 0 Å². The summed E-state index contributed by atoms with van der Waals surface area (Å²) in [6.07, 6.45) is 1.11. The third kappa shape index (κ3) is 2.44. The van der Waals surface area contributed by atoms with Crippen molar-refractivity contribution in [3.63, 3.8) is 0 Å². The van der Waals surface area contributed by atoms with E-state index in [0.717, 1.165) is 0 Å². The molecule has 0 aromatic rings. The van der Waals surface area contributed by atoms with E-state index in [1.165, 1.54) is 20.8 Å². The van der Waals surface area contributed by atoms with Gasteiger partial charge in [0.25, 0.3) is 0 Å². The van der Waals surface area contributed by atoms with Crippen molar-refractivity contribution in [3.8, 4) is 0 Å². The Hall–Kier alpha value is -2.18. The maximum atomic E-state index is 12.3. The molecule has 0 N–H and O–H groups in total. The predicted octanol–water partition coefficient (Wildman–Crippen LogP) is 0.412. The molecule has 0 aliphatic heterocycles. The van der Waals surface area contributed by atoms with E-state index in [9.17, 15) is 19.2 Å². The van der Waals surface area contributed by atoms with Crippen LogP contribution in [-0.4, -0.2) is 42.0 Å². The van der Waals surface area contributed by atoms with E-state index in [0.29, 0.717) is 0 Å². The minimum Gasteiger partial charge on any atom is -0.458 e. The van der Waals surface area contributed by atoms with E-state index in [-0.39, 0.29) is 17.6 Å². The van der Waals surface area contributed by atoms with E-state index < -0.39 is 48.1 Å². The number of ether oxygens (including phenoxy) is 3. The highest BCUT2D eigenvalue weighted by Crippen LogP contribution is 2.56. The van der Waals surface area contributed by atoms with E-state index >= 15 is 0 Å². The van der Waals surface area contributed by atoms with Crippen LogP contribution in [0.25, 0.3) is 0 Å². The smallest absolute Gasteiger partial charge is 0.303 e. The molecule has 0 aromatic carbocycles. The van der Waals surface area contributed by atoms with Gasteiger partial charge in [-0.15, -0.1) is 0 Å². The van der Waals surface area contributed by atoms with Crippen LogP contribution in [0.1, 0.15) is 20.8 Å². The molecule has 3 aliphatic carbocycles. The molecule has 0 saturated heterocycles. The second kappa shape index (κ2) is 5.47. The van der Waals surface area contributed by atoms with Gasteiger partial charge in [-0.2, -0.15) is 0 Å². The molecule has 7 heteroatoms. The van der Waals surface area contributed by atoms with Crippen molar-refractivity contribution in [2.24, 2.45) is 23.7 Å². The fourth-order valence-corrected chi connectivity index (χ4v) is 4.24. The first-order valence-corrected chi connectivity index (χ1v) is 7.55. The zero-order valence-corrected chi connectivity index (χ0v) is 13.1. The van der Waals surface area contributed by atoms with E-state index in [1.807, 2.05) is 0 Å². The van der Waals surface area contributed by atoms with Crippen LogP contribution in [0.5, 0.6) is 0 Å². The average molecular weight is 322 g/mol. The Morgan fingerprint density at radius 2 is 1.09 bits per heavy atom. The van der Waals surface area contributed by atoms with Crippen molar-refractivity contribution in [3.05, 3.63) is 12.2 Å². The Kier molecular flexibility index (Phi) is 3.74. The topological polar surface area (TPSA) is 96.0 Å². The van der Waals surface area contributed by atoms with Crippen LogP contribution in [0, 0.1) is 23.7 Å². The molecule has 1 unspecified atom stereocenters. The third-order valence-electron chi connectivity index (χ3n) is 4.77. The molecule has 0 spiro atoms. The monoisotopic (exact) mass is 322 g/mol. The Balaban J connectivity index is 1.99. The summed E-state index contributed by atoms with van der Waals surface area (Å²) in [5, 5.41) is 0. The lowest BCUT2D eigenvalue weighted by molar-refractivity contribution is -0.177. The Morgan fingerprint density at radius 1 is 0.739 bits per heavy atom. The number of esters is 3. The van der Waals surface area contributed by atoms with Crippen LogP contribution in [0.15, 0.2) is 12.2 Å². The molecule has 3 aliphatic rings. The number of hydrogen-bond acceptors (Lipinski definition) is 7. The molecule has 0 radical (unpaired) electrons. The van der Waals surface area contributed by atoms with Gasteiger partial charge < -0.3 is 14.2 Å². The number of hydrogen-bond donors (Lipinski definition) is 0. The van der Waals surface area contributed by atoms with E-state index in [4.69, 9.17) is 14.2 Å². The van der Waals surface area contributed by atoms with Gasteiger partial charge in [0.15, 0.2) is 6.10 Å². The molecule has 2 fully saturated rings. The lowest BCUT2D eigenvalue weighted by atomic mass is 9.84. The summed E-state index contributed by atoms with van der Waals surface area (Å²) in [7, 11) is 0. The van der Waals surface area contributed by atoms with Gasteiger partial charge in [-0.1, -0.05) is 12.2 Å². The summed E-state index contributed by atoms with van der Waals surface area (Å²) < 4.78 is 16.0. The van der Waals surface area contributed by atoms with Gasteiger partial charge in [0.2, 0.25) is 0 Å². The molecule has 2 saturated carbocycles. The Morgan fingerprint density at radius 3 is 1.43 bits per heavy atom. The second-order valence-electron chi connectivity index (χ2n) is 6.22. The first-order valence-electron chi connectivity index (χ1n) is 7.55. The highest BCUT2D eigenvalue weighted by atomic mass is 16.6. The predicted molar refractivity (Wildman–Crippen MR) is 74.8 cm³/mol. The summed E-state index contributed by atoms with van der Waals surface area (Å²) in [6, 6.07) is 0. The highest BCUT2D eigenvalue weighted by Gasteiger charge is 2.67.